The molecule has 174 valence electrons. The van der Waals surface area contributed by atoms with Crippen LogP contribution in [0.3, 0.4) is 0 Å². The van der Waals surface area contributed by atoms with E-state index in [1.807, 2.05) is 31.2 Å². The lowest BCUT2D eigenvalue weighted by atomic mass is 10.00. The molecule has 0 fully saturated rings. The molecule has 0 aliphatic carbocycles. The first-order chi connectivity index (χ1) is 16.0. The summed E-state index contributed by atoms with van der Waals surface area (Å²) in [6, 6.07) is 14.1. The van der Waals surface area contributed by atoms with E-state index in [0.717, 1.165) is 84.7 Å². The number of benzene rings is 1. The highest BCUT2D eigenvalue weighted by molar-refractivity contribution is 6.01. The van der Waals surface area contributed by atoms with Crippen molar-refractivity contribution in [2.24, 2.45) is 4.99 Å². The number of amidine groups is 1. The zero-order valence-corrected chi connectivity index (χ0v) is 20.3. The second kappa shape index (κ2) is 10.2. The number of carbonyl (C=O) groups is 1. The Morgan fingerprint density at radius 1 is 1.18 bits per heavy atom. The molecule has 4 rings (SSSR count). The van der Waals surface area contributed by atoms with Gasteiger partial charge in [0.2, 0.25) is 0 Å². The molecule has 0 unspecified atom stereocenters. The third kappa shape index (κ3) is 4.80. The highest BCUT2D eigenvalue weighted by atomic mass is 16.1. The smallest absolute Gasteiger partial charge is 0.252 e. The first kappa shape index (κ1) is 23.0. The number of nitrogens with one attached hydrogen (secondary N) is 1. The average molecular weight is 446 g/mol. The second-order valence-corrected chi connectivity index (χ2v) is 8.81. The van der Waals surface area contributed by atoms with Gasteiger partial charge in [-0.05, 0) is 69.9 Å². The van der Waals surface area contributed by atoms with E-state index in [2.05, 4.69) is 53.9 Å². The molecule has 1 N–H and O–H groups in total. The molecule has 1 aliphatic rings. The average Bonchev–Trinajstić information content (AvgIpc) is 3.18. The Labute approximate surface area is 196 Å². The van der Waals surface area contributed by atoms with Gasteiger partial charge in [-0.3, -0.25) is 9.79 Å². The SMILES string of the molecule is CCN=C(c1cc2ccc3nc2n1CCCCCc1ccccc1C(=O)N[C@@H]3C)N(C)CC. The van der Waals surface area contributed by atoms with Crippen LogP contribution in [0.15, 0.2) is 47.5 Å². The van der Waals surface area contributed by atoms with Crippen LogP contribution in [-0.2, 0) is 13.0 Å². The van der Waals surface area contributed by atoms with Crippen LogP contribution >= 0.6 is 0 Å². The normalized spacial score (nSPS) is 17.5. The lowest BCUT2D eigenvalue weighted by molar-refractivity contribution is 0.0938. The largest absolute Gasteiger partial charge is 0.359 e. The van der Waals surface area contributed by atoms with Gasteiger partial charge in [0.15, 0.2) is 0 Å². The molecule has 6 nitrogen and oxygen atoms in total. The van der Waals surface area contributed by atoms with Crippen LogP contribution in [0.1, 0.15) is 73.4 Å². The van der Waals surface area contributed by atoms with Crippen molar-refractivity contribution in [3.63, 3.8) is 0 Å². The van der Waals surface area contributed by atoms with Crippen molar-refractivity contribution in [3.8, 4) is 0 Å². The van der Waals surface area contributed by atoms with Crippen LogP contribution in [0, 0.1) is 0 Å². The molecule has 2 bridgehead atoms. The predicted molar refractivity (Wildman–Crippen MR) is 135 cm³/mol. The molecule has 6 heteroatoms. The Hall–Kier alpha value is -3.15. The molecule has 3 aromatic rings. The number of pyridine rings is 1. The first-order valence-electron chi connectivity index (χ1n) is 12.2. The Balaban J connectivity index is 1.79. The minimum Gasteiger partial charge on any atom is -0.359 e. The fourth-order valence-electron chi connectivity index (χ4n) is 4.56. The second-order valence-electron chi connectivity index (χ2n) is 8.81. The number of amides is 1. The molecule has 1 aliphatic heterocycles. The van der Waals surface area contributed by atoms with Gasteiger partial charge in [0.05, 0.1) is 17.4 Å². The monoisotopic (exact) mass is 445 g/mol. The number of aryl methyl sites for hydroxylation is 2. The van der Waals surface area contributed by atoms with Gasteiger partial charge in [-0.15, -0.1) is 0 Å². The Bertz CT molecular complexity index is 1160. The van der Waals surface area contributed by atoms with Gasteiger partial charge in [0, 0.05) is 37.6 Å². The lowest BCUT2D eigenvalue weighted by Gasteiger charge is -2.21. The fourth-order valence-corrected chi connectivity index (χ4v) is 4.56. The topological polar surface area (TPSA) is 62.5 Å². The van der Waals surface area contributed by atoms with E-state index in [-0.39, 0.29) is 11.9 Å². The maximum Gasteiger partial charge on any atom is 0.252 e. The molecular formula is C27H35N5O. The standard InChI is InChI=1S/C27H35N5O/c1-5-28-26(31(4)6-2)24-18-21-15-16-23-19(3)29-27(33)22-14-10-9-13-20(22)12-8-7-11-17-32(24)25(21)30-23/h9-10,13-16,18-19H,5-8,11-12,17H2,1-4H3,(H,29,33)/t19-/m1/s1. The van der Waals surface area contributed by atoms with Gasteiger partial charge >= 0.3 is 0 Å². The number of hydrogen-bond donors (Lipinski definition) is 1. The van der Waals surface area contributed by atoms with E-state index in [1.165, 1.54) is 0 Å². The molecule has 2 aromatic heterocycles. The lowest BCUT2D eigenvalue weighted by Crippen LogP contribution is -2.30. The van der Waals surface area contributed by atoms with E-state index in [4.69, 9.17) is 9.98 Å². The zero-order valence-electron chi connectivity index (χ0n) is 20.3. The van der Waals surface area contributed by atoms with Gasteiger partial charge in [-0.2, -0.15) is 0 Å². The molecule has 1 amide bonds. The number of fused-ring (bicyclic) bond motifs is 2. The molecule has 0 spiro atoms. The summed E-state index contributed by atoms with van der Waals surface area (Å²) in [4.78, 5) is 25.1. The number of rotatable bonds is 3. The van der Waals surface area contributed by atoms with E-state index < -0.39 is 0 Å². The molecular weight excluding hydrogens is 410 g/mol. The van der Waals surface area contributed by atoms with Gasteiger partial charge in [-0.25, -0.2) is 4.98 Å². The van der Waals surface area contributed by atoms with Gasteiger partial charge in [0.25, 0.3) is 5.91 Å². The van der Waals surface area contributed by atoms with E-state index >= 15 is 0 Å². The van der Waals surface area contributed by atoms with Crippen molar-refractivity contribution in [2.45, 2.75) is 59.0 Å². The molecule has 3 heterocycles. The minimum absolute atomic E-state index is 0.0323. The van der Waals surface area contributed by atoms with Crippen molar-refractivity contribution in [1.29, 1.82) is 0 Å². The molecule has 1 atom stereocenters. The Morgan fingerprint density at radius 2 is 2.00 bits per heavy atom. The van der Waals surface area contributed by atoms with Crippen molar-refractivity contribution < 1.29 is 4.79 Å². The molecule has 33 heavy (non-hydrogen) atoms. The van der Waals surface area contributed by atoms with Crippen LogP contribution in [0.4, 0.5) is 0 Å². The van der Waals surface area contributed by atoms with Gasteiger partial charge in [0.1, 0.15) is 11.5 Å². The summed E-state index contributed by atoms with van der Waals surface area (Å²) >= 11 is 0. The summed E-state index contributed by atoms with van der Waals surface area (Å²) < 4.78 is 2.33. The molecule has 0 radical (unpaired) electrons. The van der Waals surface area contributed by atoms with E-state index in [0.29, 0.717) is 0 Å². The van der Waals surface area contributed by atoms with Crippen molar-refractivity contribution in [1.82, 2.24) is 19.8 Å². The van der Waals surface area contributed by atoms with Crippen LogP contribution in [0.25, 0.3) is 11.0 Å². The third-order valence-electron chi connectivity index (χ3n) is 6.52. The number of aromatic nitrogens is 2. The summed E-state index contributed by atoms with van der Waals surface area (Å²) in [6.45, 7) is 8.76. The molecule has 1 aromatic carbocycles. The number of aliphatic imine (C=N–C) groups is 1. The Kier molecular flexibility index (Phi) is 7.11. The summed E-state index contributed by atoms with van der Waals surface area (Å²) in [5, 5.41) is 4.28. The quantitative estimate of drug-likeness (QED) is 0.457. The summed E-state index contributed by atoms with van der Waals surface area (Å²) in [6.07, 6.45) is 4.12. The number of hydrogen-bond acceptors (Lipinski definition) is 3. The summed E-state index contributed by atoms with van der Waals surface area (Å²) in [5.74, 6) is 0.978. The van der Waals surface area contributed by atoms with Crippen molar-refractivity contribution in [2.75, 3.05) is 20.1 Å². The molecule has 0 saturated carbocycles. The minimum atomic E-state index is -0.188. The summed E-state index contributed by atoms with van der Waals surface area (Å²) in [7, 11) is 2.09. The maximum atomic E-state index is 13.1. The zero-order chi connectivity index (χ0) is 23.4. The molecule has 0 saturated heterocycles. The Morgan fingerprint density at radius 3 is 2.79 bits per heavy atom. The predicted octanol–water partition coefficient (Wildman–Crippen LogP) is 4.97. The van der Waals surface area contributed by atoms with Crippen LogP contribution in [-0.4, -0.2) is 46.3 Å². The fraction of sp³-hybridized carbons (Fsp3) is 0.444. The number of carbonyl (C=O) groups excluding carboxylic acids is 1. The van der Waals surface area contributed by atoms with Crippen molar-refractivity contribution in [3.05, 3.63) is 65.0 Å². The van der Waals surface area contributed by atoms with Gasteiger partial charge < -0.3 is 14.8 Å². The highest BCUT2D eigenvalue weighted by Gasteiger charge is 2.20. The highest BCUT2D eigenvalue weighted by Crippen LogP contribution is 2.25. The van der Waals surface area contributed by atoms with Crippen molar-refractivity contribution >= 4 is 22.8 Å². The van der Waals surface area contributed by atoms with Gasteiger partial charge in [-0.1, -0.05) is 24.6 Å². The maximum absolute atomic E-state index is 13.1. The van der Waals surface area contributed by atoms with Crippen LogP contribution in [0.5, 0.6) is 0 Å². The first-order valence-corrected chi connectivity index (χ1v) is 12.2. The van der Waals surface area contributed by atoms with E-state index in [9.17, 15) is 4.79 Å². The van der Waals surface area contributed by atoms with E-state index in [1.54, 1.807) is 0 Å². The van der Waals surface area contributed by atoms with Crippen LogP contribution < -0.4 is 5.32 Å². The van der Waals surface area contributed by atoms with Crippen LogP contribution in [0.2, 0.25) is 0 Å². The third-order valence-corrected chi connectivity index (χ3v) is 6.52. The summed E-state index contributed by atoms with van der Waals surface area (Å²) in [5.41, 5.74) is 4.85. The number of nitrogens with zero attached hydrogens (tertiary/aromatic N) is 4.